The summed E-state index contributed by atoms with van der Waals surface area (Å²) in [6, 6.07) is 8.27. The molecule has 1 saturated heterocycles. The summed E-state index contributed by atoms with van der Waals surface area (Å²) in [4.78, 5) is 12.8. The van der Waals surface area contributed by atoms with Crippen LogP contribution in [-0.2, 0) is 16.0 Å². The Bertz CT molecular complexity index is 473. The van der Waals surface area contributed by atoms with Crippen LogP contribution in [0.15, 0.2) is 24.3 Å². The van der Waals surface area contributed by atoms with Crippen LogP contribution in [0, 0.1) is 5.41 Å². The molecule has 0 aliphatic carbocycles. The van der Waals surface area contributed by atoms with E-state index in [4.69, 9.17) is 4.74 Å². The number of amides is 1. The van der Waals surface area contributed by atoms with Crippen LogP contribution in [0.4, 0.5) is 5.69 Å². The highest BCUT2D eigenvalue weighted by Crippen LogP contribution is 2.31. The van der Waals surface area contributed by atoms with Gasteiger partial charge in [-0.3, -0.25) is 4.79 Å². The molecular weight excluding hydrogens is 288 g/mol. The normalized spacial score (nSPS) is 17.0. The second-order valence-electron chi connectivity index (χ2n) is 6.57. The smallest absolute Gasteiger partial charge is 0.233 e. The molecule has 2 N–H and O–H groups in total. The summed E-state index contributed by atoms with van der Waals surface area (Å²) in [5.41, 5.74) is 1.81. The fourth-order valence-electron chi connectivity index (χ4n) is 3.22. The van der Waals surface area contributed by atoms with Crippen molar-refractivity contribution < 1.29 is 9.53 Å². The van der Waals surface area contributed by atoms with Crippen LogP contribution in [0.25, 0.3) is 0 Å². The average molecular weight is 318 g/mol. The molecule has 1 aromatic carbocycles. The molecule has 1 aliphatic rings. The van der Waals surface area contributed by atoms with Gasteiger partial charge in [-0.25, -0.2) is 0 Å². The first-order valence-electron chi connectivity index (χ1n) is 8.80. The lowest BCUT2D eigenvalue weighted by Gasteiger charge is -2.35. The van der Waals surface area contributed by atoms with Crippen molar-refractivity contribution in [2.45, 2.75) is 45.4 Å². The zero-order chi connectivity index (χ0) is 16.5. The third-order valence-corrected chi connectivity index (χ3v) is 4.74. The van der Waals surface area contributed by atoms with Crippen LogP contribution in [-0.4, -0.2) is 32.7 Å². The van der Waals surface area contributed by atoms with E-state index in [0.29, 0.717) is 6.61 Å². The highest BCUT2D eigenvalue weighted by Gasteiger charge is 2.39. The SMILES string of the molecule is CCCCCc1ccc(NC(=O)C2(COC)CCNCC2)cc1. The summed E-state index contributed by atoms with van der Waals surface area (Å²) < 4.78 is 5.33. The Kier molecular flexibility index (Phi) is 7.06. The first-order chi connectivity index (χ1) is 11.2. The minimum atomic E-state index is -0.403. The van der Waals surface area contributed by atoms with Crippen LogP contribution >= 0.6 is 0 Å². The third kappa shape index (κ3) is 5.05. The van der Waals surface area contributed by atoms with Crippen molar-refractivity contribution in [3.05, 3.63) is 29.8 Å². The maximum absolute atomic E-state index is 12.8. The number of ether oxygens (including phenoxy) is 1. The van der Waals surface area contributed by atoms with Crippen molar-refractivity contribution in [1.82, 2.24) is 5.32 Å². The topological polar surface area (TPSA) is 50.4 Å². The number of hydrogen-bond donors (Lipinski definition) is 2. The maximum Gasteiger partial charge on any atom is 0.233 e. The lowest BCUT2D eigenvalue weighted by atomic mass is 9.78. The van der Waals surface area contributed by atoms with E-state index >= 15 is 0 Å². The van der Waals surface area contributed by atoms with Crippen LogP contribution in [0.3, 0.4) is 0 Å². The predicted molar refractivity (Wildman–Crippen MR) is 94.7 cm³/mol. The lowest BCUT2D eigenvalue weighted by molar-refractivity contribution is -0.130. The Balaban J connectivity index is 1.95. The highest BCUT2D eigenvalue weighted by atomic mass is 16.5. The summed E-state index contributed by atoms with van der Waals surface area (Å²) in [7, 11) is 1.67. The van der Waals surface area contributed by atoms with E-state index in [1.807, 2.05) is 12.1 Å². The van der Waals surface area contributed by atoms with Gasteiger partial charge in [-0.05, 0) is 56.5 Å². The van der Waals surface area contributed by atoms with Crippen LogP contribution < -0.4 is 10.6 Å². The Labute approximate surface area is 140 Å². The largest absolute Gasteiger partial charge is 0.384 e. The van der Waals surface area contributed by atoms with Crippen LogP contribution in [0.5, 0.6) is 0 Å². The average Bonchev–Trinajstić information content (AvgIpc) is 2.58. The van der Waals surface area contributed by atoms with E-state index in [9.17, 15) is 4.79 Å². The molecule has 4 nitrogen and oxygen atoms in total. The van der Waals surface area contributed by atoms with Gasteiger partial charge in [0.25, 0.3) is 0 Å². The van der Waals surface area contributed by atoms with E-state index in [-0.39, 0.29) is 5.91 Å². The molecule has 128 valence electrons. The van der Waals surface area contributed by atoms with Crippen molar-refractivity contribution in [2.75, 3.05) is 32.1 Å². The number of aryl methyl sites for hydroxylation is 1. The number of hydrogen-bond acceptors (Lipinski definition) is 3. The molecule has 0 unspecified atom stereocenters. The molecular formula is C19H30N2O2. The monoisotopic (exact) mass is 318 g/mol. The second kappa shape index (κ2) is 9.04. The summed E-state index contributed by atoms with van der Waals surface area (Å²) in [6.45, 7) is 4.44. The zero-order valence-corrected chi connectivity index (χ0v) is 14.5. The van der Waals surface area contributed by atoms with Gasteiger partial charge < -0.3 is 15.4 Å². The summed E-state index contributed by atoms with van der Waals surface area (Å²) >= 11 is 0. The molecule has 1 aliphatic heterocycles. The van der Waals surface area contributed by atoms with Gasteiger partial charge >= 0.3 is 0 Å². The standard InChI is InChI=1S/C19H30N2O2/c1-3-4-5-6-16-7-9-17(10-8-16)21-18(22)19(15-23-2)11-13-20-14-12-19/h7-10,20H,3-6,11-15H2,1-2H3,(H,21,22). The Morgan fingerprint density at radius 2 is 1.91 bits per heavy atom. The maximum atomic E-state index is 12.8. The molecule has 1 heterocycles. The second-order valence-corrected chi connectivity index (χ2v) is 6.57. The Hall–Kier alpha value is -1.39. The van der Waals surface area contributed by atoms with E-state index in [2.05, 4.69) is 29.7 Å². The number of nitrogens with one attached hydrogen (secondary N) is 2. The first kappa shape index (κ1) is 18.0. The van der Waals surface area contributed by atoms with Crippen molar-refractivity contribution in [2.24, 2.45) is 5.41 Å². The van der Waals surface area contributed by atoms with Crippen molar-refractivity contribution >= 4 is 11.6 Å². The molecule has 0 aromatic heterocycles. The predicted octanol–water partition coefficient (Wildman–Crippen LogP) is 3.37. The number of carbonyl (C=O) groups excluding carboxylic acids is 1. The lowest BCUT2D eigenvalue weighted by Crippen LogP contribution is -2.47. The molecule has 0 spiro atoms. The van der Waals surface area contributed by atoms with Gasteiger partial charge in [0.2, 0.25) is 5.91 Å². The molecule has 1 amide bonds. The molecule has 4 heteroatoms. The van der Waals surface area contributed by atoms with Gasteiger partial charge in [-0.15, -0.1) is 0 Å². The summed E-state index contributed by atoms with van der Waals surface area (Å²) in [5.74, 6) is 0.0829. The quantitative estimate of drug-likeness (QED) is 0.723. The van der Waals surface area contributed by atoms with Crippen LogP contribution in [0.1, 0.15) is 44.6 Å². The molecule has 1 aromatic rings. The molecule has 0 atom stereocenters. The molecule has 0 bridgehead atoms. The highest BCUT2D eigenvalue weighted by molar-refractivity contribution is 5.95. The number of methoxy groups -OCH3 is 1. The van der Waals surface area contributed by atoms with E-state index < -0.39 is 5.41 Å². The van der Waals surface area contributed by atoms with Crippen molar-refractivity contribution in [1.29, 1.82) is 0 Å². The number of anilines is 1. The van der Waals surface area contributed by atoms with E-state index in [1.54, 1.807) is 7.11 Å². The Morgan fingerprint density at radius 3 is 2.52 bits per heavy atom. The van der Waals surface area contributed by atoms with Gasteiger partial charge in [-0.2, -0.15) is 0 Å². The number of piperidine rings is 1. The third-order valence-electron chi connectivity index (χ3n) is 4.74. The van der Waals surface area contributed by atoms with Crippen molar-refractivity contribution in [3.8, 4) is 0 Å². The number of benzene rings is 1. The van der Waals surface area contributed by atoms with Gasteiger partial charge in [0, 0.05) is 12.8 Å². The van der Waals surface area contributed by atoms with Gasteiger partial charge in [-0.1, -0.05) is 31.9 Å². The number of unbranched alkanes of at least 4 members (excludes halogenated alkanes) is 2. The summed E-state index contributed by atoms with van der Waals surface area (Å²) in [5, 5.41) is 6.40. The van der Waals surface area contributed by atoms with E-state index in [0.717, 1.165) is 38.0 Å². The van der Waals surface area contributed by atoms with Gasteiger partial charge in [0.05, 0.1) is 12.0 Å². The fraction of sp³-hybridized carbons (Fsp3) is 0.632. The zero-order valence-electron chi connectivity index (χ0n) is 14.5. The molecule has 0 saturated carbocycles. The molecule has 0 radical (unpaired) electrons. The fourth-order valence-corrected chi connectivity index (χ4v) is 3.22. The van der Waals surface area contributed by atoms with Crippen LogP contribution in [0.2, 0.25) is 0 Å². The number of rotatable bonds is 8. The number of carbonyl (C=O) groups is 1. The molecule has 2 rings (SSSR count). The summed E-state index contributed by atoms with van der Waals surface area (Å²) in [6.07, 6.45) is 6.49. The van der Waals surface area contributed by atoms with Gasteiger partial charge in [0.1, 0.15) is 0 Å². The molecule has 1 fully saturated rings. The van der Waals surface area contributed by atoms with Crippen molar-refractivity contribution in [3.63, 3.8) is 0 Å². The molecule has 23 heavy (non-hydrogen) atoms. The first-order valence-corrected chi connectivity index (χ1v) is 8.80. The Morgan fingerprint density at radius 1 is 1.22 bits per heavy atom. The van der Waals surface area contributed by atoms with Gasteiger partial charge in [0.15, 0.2) is 0 Å². The van der Waals surface area contributed by atoms with E-state index in [1.165, 1.54) is 24.8 Å². The minimum Gasteiger partial charge on any atom is -0.384 e. The minimum absolute atomic E-state index is 0.0829.